The van der Waals surface area contributed by atoms with Crippen LogP contribution in [0.4, 0.5) is 5.95 Å². The number of aromatic nitrogens is 5. The molecule has 0 aromatic carbocycles. The zero-order valence-corrected chi connectivity index (χ0v) is 7.21. The number of aromatic amines is 1. The molecule has 0 fully saturated rings. The minimum Gasteiger partial charge on any atom is -0.331 e. The summed E-state index contributed by atoms with van der Waals surface area (Å²) in [4.78, 5) is 17.9. The maximum atomic E-state index is 11.3. The lowest BCUT2D eigenvalue weighted by molar-refractivity contribution is -0.117. The summed E-state index contributed by atoms with van der Waals surface area (Å²) in [5.41, 5.74) is 0. The predicted octanol–water partition coefficient (Wildman–Crippen LogP) is -0.360. The Morgan fingerprint density at radius 1 is 1.57 bits per heavy atom. The Bertz CT molecular complexity index is 354. The van der Waals surface area contributed by atoms with Gasteiger partial charge in [-0.1, -0.05) is 5.21 Å². The summed E-state index contributed by atoms with van der Waals surface area (Å²) in [6, 6.07) is 0. The Hall–Kier alpha value is -2.18. The highest BCUT2D eigenvalue weighted by Crippen LogP contribution is 1.95. The van der Waals surface area contributed by atoms with Crippen LogP contribution in [0.25, 0.3) is 0 Å². The molecule has 2 aromatic rings. The van der Waals surface area contributed by atoms with Crippen LogP contribution in [-0.2, 0) is 11.3 Å². The highest BCUT2D eigenvalue weighted by molar-refractivity contribution is 5.88. The molecule has 2 heterocycles. The van der Waals surface area contributed by atoms with Gasteiger partial charge in [0, 0.05) is 18.6 Å². The van der Waals surface area contributed by atoms with Crippen molar-refractivity contribution in [2.75, 3.05) is 5.32 Å². The average molecular weight is 192 g/mol. The SMILES string of the molecule is O=C(Cn1ccnn1)Nc1ncc[nH]1. The lowest BCUT2D eigenvalue weighted by Crippen LogP contribution is -2.19. The monoisotopic (exact) mass is 192 g/mol. The second-order valence-corrected chi connectivity index (χ2v) is 2.59. The van der Waals surface area contributed by atoms with E-state index in [-0.39, 0.29) is 12.5 Å². The van der Waals surface area contributed by atoms with Gasteiger partial charge in [-0.3, -0.25) is 10.1 Å². The molecule has 0 spiro atoms. The molecule has 72 valence electrons. The van der Waals surface area contributed by atoms with Crippen molar-refractivity contribution < 1.29 is 4.79 Å². The fraction of sp³-hybridized carbons (Fsp3) is 0.143. The standard InChI is InChI=1S/C7H8N6O/c14-6(5-13-4-3-10-12-13)11-7-8-1-2-9-7/h1-4H,5H2,(H2,8,9,11,14). The number of H-pyrrole nitrogens is 1. The van der Waals surface area contributed by atoms with E-state index in [0.717, 1.165) is 0 Å². The van der Waals surface area contributed by atoms with Crippen LogP contribution < -0.4 is 5.32 Å². The number of carbonyl (C=O) groups excluding carboxylic acids is 1. The van der Waals surface area contributed by atoms with E-state index in [9.17, 15) is 4.79 Å². The molecule has 2 aromatic heterocycles. The molecule has 2 N–H and O–H groups in total. The van der Waals surface area contributed by atoms with Gasteiger partial charge in [-0.2, -0.15) is 0 Å². The molecule has 0 radical (unpaired) electrons. The minimum absolute atomic E-state index is 0.126. The number of rotatable bonds is 3. The van der Waals surface area contributed by atoms with E-state index in [0.29, 0.717) is 5.95 Å². The molecule has 7 heteroatoms. The maximum Gasteiger partial charge on any atom is 0.248 e. The predicted molar refractivity (Wildman–Crippen MR) is 47.2 cm³/mol. The quantitative estimate of drug-likeness (QED) is 0.695. The highest BCUT2D eigenvalue weighted by Gasteiger charge is 2.04. The van der Waals surface area contributed by atoms with E-state index in [1.165, 1.54) is 10.9 Å². The smallest absolute Gasteiger partial charge is 0.248 e. The summed E-state index contributed by atoms with van der Waals surface area (Å²) >= 11 is 0. The Morgan fingerprint density at radius 2 is 2.50 bits per heavy atom. The van der Waals surface area contributed by atoms with Gasteiger partial charge >= 0.3 is 0 Å². The van der Waals surface area contributed by atoms with Crippen molar-refractivity contribution in [3.05, 3.63) is 24.8 Å². The first-order valence-corrected chi connectivity index (χ1v) is 3.98. The van der Waals surface area contributed by atoms with Gasteiger partial charge < -0.3 is 4.98 Å². The molecule has 1 amide bonds. The van der Waals surface area contributed by atoms with E-state index in [1.807, 2.05) is 0 Å². The lowest BCUT2D eigenvalue weighted by Gasteiger charge is -2.00. The number of amides is 1. The number of nitrogens with one attached hydrogen (secondary N) is 2. The molecule has 0 aliphatic carbocycles. The third kappa shape index (κ3) is 1.94. The Labute approximate surface area is 79.2 Å². The summed E-state index contributed by atoms with van der Waals surface area (Å²) in [5.74, 6) is 0.223. The van der Waals surface area contributed by atoms with Crippen LogP contribution >= 0.6 is 0 Å². The molecule has 0 aliphatic rings. The molecule has 2 rings (SSSR count). The van der Waals surface area contributed by atoms with Crippen LogP contribution in [0, 0.1) is 0 Å². The number of imidazole rings is 1. The number of hydrogen-bond acceptors (Lipinski definition) is 4. The molecule has 14 heavy (non-hydrogen) atoms. The lowest BCUT2D eigenvalue weighted by atomic mass is 10.6. The zero-order valence-electron chi connectivity index (χ0n) is 7.21. The van der Waals surface area contributed by atoms with Crippen molar-refractivity contribution >= 4 is 11.9 Å². The molecular formula is C7H8N6O. The Morgan fingerprint density at radius 3 is 3.14 bits per heavy atom. The highest BCUT2D eigenvalue weighted by atomic mass is 16.2. The Balaban J connectivity index is 1.91. The van der Waals surface area contributed by atoms with Crippen LogP contribution in [0.3, 0.4) is 0 Å². The van der Waals surface area contributed by atoms with Crippen molar-refractivity contribution in [3.8, 4) is 0 Å². The number of hydrogen-bond donors (Lipinski definition) is 2. The number of carbonyl (C=O) groups is 1. The molecule has 0 unspecified atom stereocenters. The Kier molecular flexibility index (Phi) is 2.22. The van der Waals surface area contributed by atoms with E-state index in [4.69, 9.17) is 0 Å². The van der Waals surface area contributed by atoms with Gasteiger partial charge in [-0.05, 0) is 0 Å². The van der Waals surface area contributed by atoms with Gasteiger partial charge in [-0.25, -0.2) is 9.67 Å². The maximum absolute atomic E-state index is 11.3. The third-order valence-corrected chi connectivity index (χ3v) is 1.53. The van der Waals surface area contributed by atoms with Crippen molar-refractivity contribution in [3.63, 3.8) is 0 Å². The van der Waals surface area contributed by atoms with Crippen molar-refractivity contribution in [2.45, 2.75) is 6.54 Å². The zero-order chi connectivity index (χ0) is 9.80. The molecule has 0 bridgehead atoms. The summed E-state index contributed by atoms with van der Waals surface area (Å²) < 4.78 is 1.43. The van der Waals surface area contributed by atoms with E-state index >= 15 is 0 Å². The topological polar surface area (TPSA) is 88.5 Å². The van der Waals surface area contributed by atoms with Gasteiger partial charge in [0.1, 0.15) is 6.54 Å². The van der Waals surface area contributed by atoms with E-state index in [1.54, 1.807) is 18.6 Å². The van der Waals surface area contributed by atoms with Gasteiger partial charge in [-0.15, -0.1) is 5.10 Å². The van der Waals surface area contributed by atoms with Crippen molar-refractivity contribution in [2.24, 2.45) is 0 Å². The van der Waals surface area contributed by atoms with Gasteiger partial charge in [0.2, 0.25) is 11.9 Å². The van der Waals surface area contributed by atoms with E-state index < -0.39 is 0 Å². The summed E-state index contributed by atoms with van der Waals surface area (Å²) in [7, 11) is 0. The van der Waals surface area contributed by atoms with Crippen molar-refractivity contribution in [1.82, 2.24) is 25.0 Å². The van der Waals surface area contributed by atoms with Crippen LogP contribution in [0.2, 0.25) is 0 Å². The first-order valence-electron chi connectivity index (χ1n) is 3.98. The molecule has 7 nitrogen and oxygen atoms in total. The number of nitrogens with zero attached hydrogens (tertiary/aromatic N) is 4. The second kappa shape index (κ2) is 3.69. The second-order valence-electron chi connectivity index (χ2n) is 2.59. The summed E-state index contributed by atoms with van der Waals surface area (Å²) in [6.45, 7) is 0.126. The third-order valence-electron chi connectivity index (χ3n) is 1.53. The van der Waals surface area contributed by atoms with Gasteiger partial charge in [0.15, 0.2) is 0 Å². The number of anilines is 1. The molecule has 0 saturated heterocycles. The summed E-state index contributed by atoms with van der Waals surface area (Å²) in [5, 5.41) is 9.81. The van der Waals surface area contributed by atoms with Crippen LogP contribution in [0.1, 0.15) is 0 Å². The molecule has 0 saturated carbocycles. The van der Waals surface area contributed by atoms with E-state index in [2.05, 4.69) is 25.6 Å². The normalized spacial score (nSPS) is 10.0. The first kappa shape index (κ1) is 8.42. The fourth-order valence-corrected chi connectivity index (χ4v) is 0.969. The van der Waals surface area contributed by atoms with Crippen LogP contribution in [0.5, 0.6) is 0 Å². The van der Waals surface area contributed by atoms with Crippen LogP contribution in [-0.4, -0.2) is 30.9 Å². The molecular weight excluding hydrogens is 184 g/mol. The van der Waals surface area contributed by atoms with Crippen LogP contribution in [0.15, 0.2) is 24.8 Å². The average Bonchev–Trinajstić information content (AvgIpc) is 2.76. The minimum atomic E-state index is -0.203. The van der Waals surface area contributed by atoms with Gasteiger partial charge in [0.05, 0.1) is 6.20 Å². The summed E-state index contributed by atoms with van der Waals surface area (Å²) in [6.07, 6.45) is 6.32. The molecule has 0 atom stereocenters. The molecule has 0 aliphatic heterocycles. The largest absolute Gasteiger partial charge is 0.331 e. The van der Waals surface area contributed by atoms with Gasteiger partial charge in [0.25, 0.3) is 0 Å². The van der Waals surface area contributed by atoms with Crippen molar-refractivity contribution in [1.29, 1.82) is 0 Å². The first-order chi connectivity index (χ1) is 6.84. The fourth-order valence-electron chi connectivity index (χ4n) is 0.969.